The van der Waals surface area contributed by atoms with Gasteiger partial charge in [0.1, 0.15) is 5.75 Å². The van der Waals surface area contributed by atoms with Crippen molar-refractivity contribution in [2.75, 3.05) is 13.7 Å². The Morgan fingerprint density at radius 3 is 2.72 bits per heavy atom. The summed E-state index contributed by atoms with van der Waals surface area (Å²) in [4.78, 5) is 3.66. The summed E-state index contributed by atoms with van der Waals surface area (Å²) in [6.07, 6.45) is 1.06. The molecule has 1 unspecified atom stereocenters. The van der Waals surface area contributed by atoms with Gasteiger partial charge < -0.3 is 15.0 Å². The van der Waals surface area contributed by atoms with E-state index in [-0.39, 0.29) is 6.04 Å². The third kappa shape index (κ3) is 2.73. The summed E-state index contributed by atoms with van der Waals surface area (Å²) in [6, 6.07) is 13.4. The fraction of sp³-hybridized carbons (Fsp3) is 0.364. The molecule has 1 aromatic heterocycles. The number of H-pyrrole nitrogens is 1. The summed E-state index contributed by atoms with van der Waals surface area (Å²) < 4.78 is 5.74. The van der Waals surface area contributed by atoms with Gasteiger partial charge in [-0.3, -0.25) is 0 Å². The Morgan fingerprint density at radius 2 is 1.96 bits per heavy atom. The first-order valence-corrected chi connectivity index (χ1v) is 9.10. The standard InChI is InChI=1S/C22H26N2O/c1-13(2)15-6-7-17(20(12-15)25-4)21-22-16(9-10-23-21)18-11-14(3)5-8-19(18)24-22/h5-8,11-13,21,23-24H,9-10H2,1-4H3. The van der Waals surface area contributed by atoms with Crippen LogP contribution in [0.3, 0.4) is 0 Å². The molecule has 2 N–H and O–H groups in total. The molecule has 1 atom stereocenters. The molecule has 130 valence electrons. The van der Waals surface area contributed by atoms with Crippen molar-refractivity contribution in [2.24, 2.45) is 0 Å². The van der Waals surface area contributed by atoms with Crippen LogP contribution >= 0.6 is 0 Å². The third-order valence-corrected chi connectivity index (χ3v) is 5.34. The highest BCUT2D eigenvalue weighted by Crippen LogP contribution is 2.38. The molecular formula is C22H26N2O. The van der Waals surface area contributed by atoms with Gasteiger partial charge in [0.2, 0.25) is 0 Å². The molecule has 2 heterocycles. The second-order valence-electron chi connectivity index (χ2n) is 7.36. The van der Waals surface area contributed by atoms with Gasteiger partial charge in [0, 0.05) is 28.7 Å². The fourth-order valence-electron chi connectivity index (χ4n) is 3.93. The molecule has 1 aliphatic heterocycles. The lowest BCUT2D eigenvalue weighted by atomic mass is 9.91. The molecule has 25 heavy (non-hydrogen) atoms. The van der Waals surface area contributed by atoms with Crippen LogP contribution < -0.4 is 10.1 Å². The van der Waals surface area contributed by atoms with Crippen molar-refractivity contribution in [3.63, 3.8) is 0 Å². The van der Waals surface area contributed by atoms with Crippen molar-refractivity contribution in [1.82, 2.24) is 10.3 Å². The molecule has 2 aromatic carbocycles. The molecular weight excluding hydrogens is 308 g/mol. The van der Waals surface area contributed by atoms with Crippen LogP contribution in [0.2, 0.25) is 0 Å². The van der Waals surface area contributed by atoms with Crippen LogP contribution in [0.25, 0.3) is 10.9 Å². The number of aryl methyl sites for hydroxylation is 1. The zero-order valence-electron chi connectivity index (χ0n) is 15.4. The smallest absolute Gasteiger partial charge is 0.124 e. The van der Waals surface area contributed by atoms with Gasteiger partial charge in [-0.05, 0) is 48.6 Å². The Kier molecular flexibility index (Phi) is 4.04. The van der Waals surface area contributed by atoms with Crippen LogP contribution in [0.1, 0.15) is 53.8 Å². The first-order chi connectivity index (χ1) is 12.1. The molecule has 0 saturated carbocycles. The first kappa shape index (κ1) is 16.2. The van der Waals surface area contributed by atoms with Gasteiger partial charge in [-0.1, -0.05) is 37.6 Å². The highest BCUT2D eigenvalue weighted by molar-refractivity contribution is 5.86. The molecule has 3 aromatic rings. The van der Waals surface area contributed by atoms with Crippen LogP contribution in [-0.4, -0.2) is 18.6 Å². The predicted octanol–water partition coefficient (Wildman–Crippen LogP) is 4.84. The third-order valence-electron chi connectivity index (χ3n) is 5.34. The van der Waals surface area contributed by atoms with Gasteiger partial charge in [0.15, 0.2) is 0 Å². The van der Waals surface area contributed by atoms with Crippen molar-refractivity contribution in [2.45, 2.75) is 39.2 Å². The van der Waals surface area contributed by atoms with Gasteiger partial charge in [0.25, 0.3) is 0 Å². The second-order valence-corrected chi connectivity index (χ2v) is 7.36. The maximum absolute atomic E-state index is 5.74. The number of benzene rings is 2. The molecule has 0 spiro atoms. The Bertz CT molecular complexity index is 923. The molecule has 0 fully saturated rings. The van der Waals surface area contributed by atoms with Crippen molar-refractivity contribution >= 4 is 10.9 Å². The van der Waals surface area contributed by atoms with E-state index in [0.29, 0.717) is 5.92 Å². The molecule has 0 aliphatic carbocycles. The maximum atomic E-state index is 5.74. The number of methoxy groups -OCH3 is 1. The largest absolute Gasteiger partial charge is 0.496 e. The summed E-state index contributed by atoms with van der Waals surface area (Å²) in [5, 5.41) is 5.04. The van der Waals surface area contributed by atoms with E-state index in [9.17, 15) is 0 Å². The number of aromatic nitrogens is 1. The molecule has 3 nitrogen and oxygen atoms in total. The minimum Gasteiger partial charge on any atom is -0.496 e. The highest BCUT2D eigenvalue weighted by Gasteiger charge is 2.27. The van der Waals surface area contributed by atoms with Gasteiger partial charge in [0.05, 0.1) is 13.2 Å². The second kappa shape index (κ2) is 6.23. The monoisotopic (exact) mass is 334 g/mol. The highest BCUT2D eigenvalue weighted by atomic mass is 16.5. The summed E-state index contributed by atoms with van der Waals surface area (Å²) in [6.45, 7) is 7.57. The van der Waals surface area contributed by atoms with Crippen LogP contribution in [0.4, 0.5) is 0 Å². The van der Waals surface area contributed by atoms with Gasteiger partial charge in [-0.25, -0.2) is 0 Å². The van der Waals surface area contributed by atoms with Crippen molar-refractivity contribution in [3.05, 3.63) is 64.3 Å². The first-order valence-electron chi connectivity index (χ1n) is 9.10. The van der Waals surface area contributed by atoms with E-state index < -0.39 is 0 Å². The maximum Gasteiger partial charge on any atom is 0.124 e. The van der Waals surface area contributed by atoms with Gasteiger partial charge in [-0.15, -0.1) is 0 Å². The Morgan fingerprint density at radius 1 is 1.12 bits per heavy atom. The number of nitrogens with one attached hydrogen (secondary N) is 2. The van der Waals surface area contributed by atoms with Crippen LogP contribution in [-0.2, 0) is 6.42 Å². The number of hydrogen-bond acceptors (Lipinski definition) is 2. The van der Waals surface area contributed by atoms with Crippen molar-refractivity contribution < 1.29 is 4.74 Å². The van der Waals surface area contributed by atoms with Crippen molar-refractivity contribution in [1.29, 1.82) is 0 Å². The number of rotatable bonds is 3. The normalized spacial score (nSPS) is 17.1. The zero-order chi connectivity index (χ0) is 17.6. The lowest BCUT2D eigenvalue weighted by Crippen LogP contribution is -2.30. The summed E-state index contributed by atoms with van der Waals surface area (Å²) >= 11 is 0. The predicted molar refractivity (Wildman–Crippen MR) is 104 cm³/mol. The van der Waals surface area contributed by atoms with Crippen LogP contribution in [0, 0.1) is 6.92 Å². The quantitative estimate of drug-likeness (QED) is 0.719. The average molecular weight is 334 g/mol. The Balaban J connectivity index is 1.85. The van der Waals surface area contributed by atoms with Gasteiger partial charge >= 0.3 is 0 Å². The van der Waals surface area contributed by atoms with Crippen molar-refractivity contribution in [3.8, 4) is 5.75 Å². The number of hydrogen-bond donors (Lipinski definition) is 2. The summed E-state index contributed by atoms with van der Waals surface area (Å²) in [5.74, 6) is 1.46. The fourth-order valence-corrected chi connectivity index (χ4v) is 3.93. The van der Waals surface area contributed by atoms with Crippen LogP contribution in [0.5, 0.6) is 5.75 Å². The molecule has 1 aliphatic rings. The van der Waals surface area contributed by atoms with Crippen LogP contribution in [0.15, 0.2) is 36.4 Å². The number of aromatic amines is 1. The average Bonchev–Trinajstić information content (AvgIpc) is 2.99. The van der Waals surface area contributed by atoms with E-state index in [4.69, 9.17) is 4.74 Å². The minimum absolute atomic E-state index is 0.146. The number of fused-ring (bicyclic) bond motifs is 3. The van der Waals surface area contributed by atoms with E-state index in [1.165, 1.54) is 38.9 Å². The van der Waals surface area contributed by atoms with Gasteiger partial charge in [-0.2, -0.15) is 0 Å². The minimum atomic E-state index is 0.146. The molecule has 0 saturated heterocycles. The Labute approximate surface area is 149 Å². The number of ether oxygens (including phenoxy) is 1. The molecule has 0 radical (unpaired) electrons. The molecule has 3 heteroatoms. The van der Waals surface area contributed by atoms with E-state index in [1.54, 1.807) is 7.11 Å². The summed E-state index contributed by atoms with van der Waals surface area (Å²) in [5.41, 5.74) is 7.77. The molecule has 0 amide bonds. The lowest BCUT2D eigenvalue weighted by Gasteiger charge is -2.26. The zero-order valence-corrected chi connectivity index (χ0v) is 15.4. The van der Waals surface area contributed by atoms with E-state index >= 15 is 0 Å². The van der Waals surface area contributed by atoms with E-state index in [1.807, 2.05) is 0 Å². The SMILES string of the molecule is COc1cc(C(C)C)ccc1C1NCCc2c1[nH]c1ccc(C)cc21. The van der Waals surface area contributed by atoms with E-state index in [2.05, 4.69) is 67.5 Å². The van der Waals surface area contributed by atoms with E-state index in [0.717, 1.165) is 18.7 Å². The topological polar surface area (TPSA) is 37.0 Å². The lowest BCUT2D eigenvalue weighted by molar-refractivity contribution is 0.401. The Hall–Kier alpha value is -2.26. The molecule has 4 rings (SSSR count). The molecule has 0 bridgehead atoms. The summed E-state index contributed by atoms with van der Waals surface area (Å²) in [7, 11) is 1.77.